The highest BCUT2D eigenvalue weighted by atomic mass is 14.6. The standard InChI is InChI=1S/C8H17N/c1-4-6-7(3)8(9)5-2/h4-6,9H2,1-3H3/b8-7-. The van der Waals surface area contributed by atoms with E-state index in [1.165, 1.54) is 12.0 Å². The predicted octanol–water partition coefficient (Wildman–Crippen LogP) is 2.43. The molecule has 1 nitrogen and oxygen atoms in total. The second-order valence-electron chi connectivity index (χ2n) is 2.41. The zero-order valence-corrected chi connectivity index (χ0v) is 6.70. The summed E-state index contributed by atoms with van der Waals surface area (Å²) in [6.07, 6.45) is 3.35. The lowest BCUT2D eigenvalue weighted by Gasteiger charge is -2.01. The first kappa shape index (κ1) is 8.54. The molecule has 0 amide bonds. The zero-order valence-electron chi connectivity index (χ0n) is 6.70. The lowest BCUT2D eigenvalue weighted by atomic mass is 10.1. The van der Waals surface area contributed by atoms with Crippen LogP contribution in [0, 0.1) is 0 Å². The fraction of sp³-hybridized carbons (Fsp3) is 0.750. The second-order valence-corrected chi connectivity index (χ2v) is 2.41. The molecule has 54 valence electrons. The second kappa shape index (κ2) is 4.42. The van der Waals surface area contributed by atoms with Crippen LogP contribution < -0.4 is 5.73 Å². The van der Waals surface area contributed by atoms with Crippen molar-refractivity contribution in [2.24, 2.45) is 5.73 Å². The zero-order chi connectivity index (χ0) is 7.28. The van der Waals surface area contributed by atoms with Crippen LogP contribution in [0.1, 0.15) is 40.0 Å². The number of allylic oxidation sites excluding steroid dienone is 2. The highest BCUT2D eigenvalue weighted by molar-refractivity contribution is 5.07. The van der Waals surface area contributed by atoms with E-state index in [1.54, 1.807) is 0 Å². The highest BCUT2D eigenvalue weighted by Gasteiger charge is 1.91. The molecule has 0 aliphatic heterocycles. The summed E-state index contributed by atoms with van der Waals surface area (Å²) in [5, 5.41) is 0. The van der Waals surface area contributed by atoms with Gasteiger partial charge in [-0.25, -0.2) is 0 Å². The van der Waals surface area contributed by atoms with Crippen LogP contribution in [-0.4, -0.2) is 0 Å². The van der Waals surface area contributed by atoms with Crippen molar-refractivity contribution in [3.05, 3.63) is 11.3 Å². The van der Waals surface area contributed by atoms with Crippen LogP contribution >= 0.6 is 0 Å². The first-order chi connectivity index (χ1) is 4.22. The number of nitrogens with two attached hydrogens (primary N) is 1. The summed E-state index contributed by atoms with van der Waals surface area (Å²) in [6, 6.07) is 0. The fourth-order valence-corrected chi connectivity index (χ4v) is 0.837. The van der Waals surface area contributed by atoms with Crippen LogP contribution in [0.25, 0.3) is 0 Å². The molecule has 0 atom stereocenters. The maximum atomic E-state index is 5.68. The lowest BCUT2D eigenvalue weighted by molar-refractivity contribution is 0.867. The minimum absolute atomic E-state index is 0.992. The fourth-order valence-electron chi connectivity index (χ4n) is 0.837. The van der Waals surface area contributed by atoms with Crippen LogP contribution in [0.5, 0.6) is 0 Å². The molecule has 0 aliphatic carbocycles. The number of rotatable bonds is 3. The van der Waals surface area contributed by atoms with Crippen LogP contribution in [0.15, 0.2) is 11.3 Å². The molecule has 0 radical (unpaired) electrons. The molecular weight excluding hydrogens is 110 g/mol. The molecule has 2 N–H and O–H groups in total. The summed E-state index contributed by atoms with van der Waals surface area (Å²) in [5.74, 6) is 0. The molecule has 0 rings (SSSR count). The van der Waals surface area contributed by atoms with Crippen molar-refractivity contribution in [3.63, 3.8) is 0 Å². The summed E-state index contributed by atoms with van der Waals surface area (Å²) < 4.78 is 0. The van der Waals surface area contributed by atoms with E-state index in [0.717, 1.165) is 18.5 Å². The highest BCUT2D eigenvalue weighted by Crippen LogP contribution is 2.07. The summed E-state index contributed by atoms with van der Waals surface area (Å²) >= 11 is 0. The average Bonchev–Trinajstić information content (AvgIpc) is 1.87. The molecule has 0 heterocycles. The van der Waals surface area contributed by atoms with Gasteiger partial charge in [0.1, 0.15) is 0 Å². The molecule has 0 aromatic heterocycles. The largest absolute Gasteiger partial charge is 0.402 e. The van der Waals surface area contributed by atoms with Gasteiger partial charge in [0.2, 0.25) is 0 Å². The van der Waals surface area contributed by atoms with Gasteiger partial charge in [-0.05, 0) is 19.8 Å². The van der Waals surface area contributed by atoms with Crippen molar-refractivity contribution in [1.29, 1.82) is 0 Å². The lowest BCUT2D eigenvalue weighted by Crippen LogP contribution is -1.98. The van der Waals surface area contributed by atoms with Gasteiger partial charge in [0.15, 0.2) is 0 Å². The summed E-state index contributed by atoms with van der Waals surface area (Å²) in [6.45, 7) is 6.38. The Hall–Kier alpha value is -0.460. The van der Waals surface area contributed by atoms with E-state index in [-0.39, 0.29) is 0 Å². The molecule has 0 unspecified atom stereocenters. The Morgan fingerprint density at radius 2 is 1.89 bits per heavy atom. The molecule has 0 aromatic rings. The Morgan fingerprint density at radius 1 is 1.33 bits per heavy atom. The molecule has 9 heavy (non-hydrogen) atoms. The van der Waals surface area contributed by atoms with Crippen LogP contribution in [0.4, 0.5) is 0 Å². The summed E-state index contributed by atoms with van der Waals surface area (Å²) in [5.41, 5.74) is 8.11. The van der Waals surface area contributed by atoms with Gasteiger partial charge in [-0.15, -0.1) is 0 Å². The van der Waals surface area contributed by atoms with Gasteiger partial charge in [-0.2, -0.15) is 0 Å². The Bertz CT molecular complexity index is 103. The van der Waals surface area contributed by atoms with Gasteiger partial charge < -0.3 is 5.73 Å². The van der Waals surface area contributed by atoms with Gasteiger partial charge in [-0.1, -0.05) is 25.8 Å². The first-order valence-corrected chi connectivity index (χ1v) is 3.66. The van der Waals surface area contributed by atoms with E-state index in [1.807, 2.05) is 0 Å². The van der Waals surface area contributed by atoms with Crippen LogP contribution in [0.2, 0.25) is 0 Å². The SMILES string of the molecule is CCC/C(C)=C(\N)CC. The van der Waals surface area contributed by atoms with Gasteiger partial charge in [-0.3, -0.25) is 0 Å². The van der Waals surface area contributed by atoms with Crippen molar-refractivity contribution >= 4 is 0 Å². The van der Waals surface area contributed by atoms with Gasteiger partial charge >= 0.3 is 0 Å². The third-order valence-electron chi connectivity index (χ3n) is 1.55. The smallest absolute Gasteiger partial charge is 0.00667 e. The third kappa shape index (κ3) is 3.17. The molecule has 0 saturated carbocycles. The van der Waals surface area contributed by atoms with Gasteiger partial charge in [0.05, 0.1) is 0 Å². The van der Waals surface area contributed by atoms with E-state index in [0.29, 0.717) is 0 Å². The maximum absolute atomic E-state index is 5.68. The monoisotopic (exact) mass is 127 g/mol. The quantitative estimate of drug-likeness (QED) is 0.619. The molecule has 0 aliphatic rings. The van der Waals surface area contributed by atoms with E-state index in [2.05, 4.69) is 20.8 Å². The molecule has 0 bridgehead atoms. The summed E-state index contributed by atoms with van der Waals surface area (Å²) in [4.78, 5) is 0. The Morgan fingerprint density at radius 3 is 2.22 bits per heavy atom. The van der Waals surface area contributed by atoms with E-state index >= 15 is 0 Å². The van der Waals surface area contributed by atoms with Gasteiger partial charge in [0.25, 0.3) is 0 Å². The van der Waals surface area contributed by atoms with Crippen molar-refractivity contribution in [2.75, 3.05) is 0 Å². The van der Waals surface area contributed by atoms with Crippen LogP contribution in [0.3, 0.4) is 0 Å². The van der Waals surface area contributed by atoms with Crippen molar-refractivity contribution in [2.45, 2.75) is 40.0 Å². The maximum Gasteiger partial charge on any atom is 0.00667 e. The molecular formula is C8H17N. The molecule has 0 spiro atoms. The molecule has 0 aromatic carbocycles. The number of hydrogen-bond donors (Lipinski definition) is 1. The minimum atomic E-state index is 0.992. The van der Waals surface area contributed by atoms with Crippen molar-refractivity contribution < 1.29 is 0 Å². The Labute approximate surface area is 57.9 Å². The van der Waals surface area contributed by atoms with E-state index in [4.69, 9.17) is 5.73 Å². The molecule has 0 saturated heterocycles. The van der Waals surface area contributed by atoms with Crippen molar-refractivity contribution in [3.8, 4) is 0 Å². The third-order valence-corrected chi connectivity index (χ3v) is 1.55. The molecule has 1 heteroatoms. The Balaban J connectivity index is 3.78. The number of hydrogen-bond acceptors (Lipinski definition) is 1. The van der Waals surface area contributed by atoms with E-state index in [9.17, 15) is 0 Å². The Kier molecular flexibility index (Phi) is 4.20. The van der Waals surface area contributed by atoms with Gasteiger partial charge in [0, 0.05) is 5.70 Å². The first-order valence-electron chi connectivity index (χ1n) is 3.66. The topological polar surface area (TPSA) is 26.0 Å². The van der Waals surface area contributed by atoms with Crippen LogP contribution in [-0.2, 0) is 0 Å². The normalized spacial score (nSPS) is 13.2. The van der Waals surface area contributed by atoms with Crippen molar-refractivity contribution in [1.82, 2.24) is 0 Å². The van der Waals surface area contributed by atoms with E-state index < -0.39 is 0 Å². The summed E-state index contributed by atoms with van der Waals surface area (Å²) in [7, 11) is 0. The average molecular weight is 127 g/mol. The minimum Gasteiger partial charge on any atom is -0.402 e. The molecule has 0 fully saturated rings. The predicted molar refractivity (Wildman–Crippen MR) is 42.1 cm³/mol.